The number of rotatable bonds is 7. The predicted molar refractivity (Wildman–Crippen MR) is 116 cm³/mol. The van der Waals surface area contributed by atoms with Crippen LogP contribution in [0.5, 0.6) is 0 Å². The third kappa shape index (κ3) is 4.52. The van der Waals surface area contributed by atoms with Crippen LogP contribution in [0.1, 0.15) is 31.1 Å². The maximum atomic E-state index is 13.2. The average molecular weight is 410 g/mol. The molecule has 1 aromatic heterocycles. The van der Waals surface area contributed by atoms with Gasteiger partial charge in [0, 0.05) is 13.1 Å². The summed E-state index contributed by atoms with van der Waals surface area (Å²) in [4.78, 5) is 25.5. The number of nitrogens with one attached hydrogen (secondary N) is 2. The lowest BCUT2D eigenvalue weighted by Crippen LogP contribution is -2.34. The van der Waals surface area contributed by atoms with Gasteiger partial charge in [-0.3, -0.25) is 14.3 Å². The van der Waals surface area contributed by atoms with Crippen molar-refractivity contribution in [3.63, 3.8) is 0 Å². The van der Waals surface area contributed by atoms with Crippen LogP contribution in [0, 0.1) is 18.7 Å². The number of carbonyl (C=O) groups excluding carboxylic acids is 1. The Balaban J connectivity index is 1.75. The van der Waals surface area contributed by atoms with Gasteiger partial charge in [0.15, 0.2) is 0 Å². The van der Waals surface area contributed by atoms with Crippen molar-refractivity contribution in [2.75, 3.05) is 11.9 Å². The van der Waals surface area contributed by atoms with Crippen molar-refractivity contribution in [1.82, 2.24) is 14.7 Å². The van der Waals surface area contributed by atoms with Crippen LogP contribution in [0.3, 0.4) is 0 Å². The summed E-state index contributed by atoms with van der Waals surface area (Å²) >= 11 is 0. The molecule has 158 valence electrons. The van der Waals surface area contributed by atoms with E-state index in [1.807, 2.05) is 44.2 Å². The van der Waals surface area contributed by atoms with Gasteiger partial charge in [0.25, 0.3) is 5.56 Å². The minimum atomic E-state index is -0.311. The largest absolute Gasteiger partial charge is 0.319 e. The van der Waals surface area contributed by atoms with Crippen LogP contribution in [0.15, 0.2) is 59.4 Å². The van der Waals surface area contributed by atoms with Gasteiger partial charge in [0.05, 0.1) is 17.9 Å². The van der Waals surface area contributed by atoms with E-state index in [-0.39, 0.29) is 41.5 Å². The molecule has 3 aromatic rings. The smallest absolute Gasteiger partial charge is 0.295 e. The number of anilines is 1. The van der Waals surface area contributed by atoms with Gasteiger partial charge in [-0.25, -0.2) is 9.07 Å². The van der Waals surface area contributed by atoms with Gasteiger partial charge >= 0.3 is 0 Å². The van der Waals surface area contributed by atoms with Gasteiger partial charge in [0.1, 0.15) is 11.5 Å². The lowest BCUT2D eigenvalue weighted by molar-refractivity contribution is -0.115. The van der Waals surface area contributed by atoms with E-state index >= 15 is 0 Å². The number of para-hydroxylation sites is 1. The summed E-state index contributed by atoms with van der Waals surface area (Å²) in [6.07, 6.45) is 0. The number of halogens is 1. The van der Waals surface area contributed by atoms with Crippen LogP contribution in [0.25, 0.3) is 5.69 Å². The molecule has 0 saturated carbocycles. The molecule has 2 N–H and O–H groups in total. The lowest BCUT2D eigenvalue weighted by Gasteiger charge is -2.22. The Morgan fingerprint density at radius 2 is 1.70 bits per heavy atom. The van der Waals surface area contributed by atoms with Crippen molar-refractivity contribution in [3.8, 4) is 5.69 Å². The second kappa shape index (κ2) is 9.09. The minimum Gasteiger partial charge on any atom is -0.319 e. The van der Waals surface area contributed by atoms with Gasteiger partial charge in [-0.1, -0.05) is 44.2 Å². The Morgan fingerprint density at radius 1 is 1.07 bits per heavy atom. The van der Waals surface area contributed by atoms with E-state index in [4.69, 9.17) is 0 Å². The van der Waals surface area contributed by atoms with E-state index in [0.717, 1.165) is 11.3 Å². The molecule has 1 heterocycles. The summed E-state index contributed by atoms with van der Waals surface area (Å²) in [5.74, 6) is -0.418. The first-order chi connectivity index (χ1) is 14.3. The Labute approximate surface area is 175 Å². The first-order valence-electron chi connectivity index (χ1n) is 9.92. The second-order valence-electron chi connectivity index (χ2n) is 7.64. The maximum Gasteiger partial charge on any atom is 0.295 e. The van der Waals surface area contributed by atoms with Crippen molar-refractivity contribution in [2.45, 2.75) is 26.8 Å². The summed E-state index contributed by atoms with van der Waals surface area (Å²) in [7, 11) is 1.78. The molecule has 6 nitrogen and oxygen atoms in total. The molecule has 1 unspecified atom stereocenters. The summed E-state index contributed by atoms with van der Waals surface area (Å²) in [5, 5.41) is 5.97. The summed E-state index contributed by atoms with van der Waals surface area (Å²) in [6, 6.07) is 15.4. The van der Waals surface area contributed by atoms with E-state index in [1.54, 1.807) is 30.8 Å². The van der Waals surface area contributed by atoms with Gasteiger partial charge in [-0.2, -0.15) is 0 Å². The Hall–Kier alpha value is -3.19. The van der Waals surface area contributed by atoms with Crippen molar-refractivity contribution in [1.29, 1.82) is 0 Å². The third-order valence-electron chi connectivity index (χ3n) is 5.20. The van der Waals surface area contributed by atoms with E-state index in [1.165, 1.54) is 16.8 Å². The molecule has 30 heavy (non-hydrogen) atoms. The van der Waals surface area contributed by atoms with E-state index < -0.39 is 0 Å². The topological polar surface area (TPSA) is 68.1 Å². The highest BCUT2D eigenvalue weighted by atomic mass is 19.1. The zero-order chi connectivity index (χ0) is 21.8. The van der Waals surface area contributed by atoms with Crippen LogP contribution < -0.4 is 16.2 Å². The summed E-state index contributed by atoms with van der Waals surface area (Å²) in [5.41, 5.74) is 2.27. The number of hydrogen-bond acceptors (Lipinski definition) is 3. The Bertz CT molecular complexity index is 1070. The molecule has 0 spiro atoms. The van der Waals surface area contributed by atoms with Gasteiger partial charge in [-0.15, -0.1) is 0 Å². The highest BCUT2D eigenvalue weighted by molar-refractivity contribution is 5.92. The quantitative estimate of drug-likeness (QED) is 0.626. The molecular formula is C23H27FN4O2. The van der Waals surface area contributed by atoms with Crippen molar-refractivity contribution in [3.05, 3.63) is 82.0 Å². The molecule has 2 aromatic carbocycles. The molecular weight excluding hydrogens is 383 g/mol. The SMILES string of the molecule is Cc1c(NC(=O)CNC(c2ccc(F)cc2)C(C)C)c(=O)n(-c2ccccc2)n1C. The molecule has 3 rings (SSSR count). The first kappa shape index (κ1) is 21.5. The number of benzene rings is 2. The molecule has 0 aliphatic carbocycles. The fourth-order valence-corrected chi connectivity index (χ4v) is 3.51. The van der Waals surface area contributed by atoms with Crippen LogP contribution in [0.4, 0.5) is 10.1 Å². The van der Waals surface area contributed by atoms with Crippen LogP contribution in [0.2, 0.25) is 0 Å². The highest BCUT2D eigenvalue weighted by Gasteiger charge is 2.20. The fraction of sp³-hybridized carbons (Fsp3) is 0.304. The molecule has 0 saturated heterocycles. The monoisotopic (exact) mass is 410 g/mol. The third-order valence-corrected chi connectivity index (χ3v) is 5.20. The standard InChI is InChI=1S/C23H27FN4O2/c1-15(2)21(17-10-12-18(24)13-11-17)25-14-20(29)26-22-16(3)27(4)28(23(22)30)19-8-6-5-7-9-19/h5-13,15,21,25H,14H2,1-4H3,(H,26,29). The van der Waals surface area contributed by atoms with Crippen molar-refractivity contribution in [2.24, 2.45) is 13.0 Å². The lowest BCUT2D eigenvalue weighted by atomic mass is 9.96. The molecule has 1 atom stereocenters. The zero-order valence-electron chi connectivity index (χ0n) is 17.6. The molecule has 0 fully saturated rings. The average Bonchev–Trinajstić information content (AvgIpc) is 2.93. The van der Waals surface area contributed by atoms with E-state index in [2.05, 4.69) is 10.6 Å². The van der Waals surface area contributed by atoms with Crippen molar-refractivity contribution < 1.29 is 9.18 Å². The molecule has 0 bridgehead atoms. The number of aromatic nitrogens is 2. The van der Waals surface area contributed by atoms with Gasteiger partial charge < -0.3 is 10.6 Å². The molecule has 1 amide bonds. The number of hydrogen-bond donors (Lipinski definition) is 2. The van der Waals surface area contributed by atoms with Crippen LogP contribution >= 0.6 is 0 Å². The maximum absolute atomic E-state index is 13.2. The summed E-state index contributed by atoms with van der Waals surface area (Å²) in [6.45, 7) is 5.87. The normalized spacial score (nSPS) is 12.2. The van der Waals surface area contributed by atoms with Crippen LogP contribution in [-0.4, -0.2) is 21.8 Å². The Kier molecular flexibility index (Phi) is 6.52. The van der Waals surface area contributed by atoms with E-state index in [0.29, 0.717) is 5.69 Å². The first-order valence-corrected chi connectivity index (χ1v) is 9.92. The van der Waals surface area contributed by atoms with E-state index in [9.17, 15) is 14.0 Å². The number of amides is 1. The molecule has 7 heteroatoms. The van der Waals surface area contributed by atoms with Gasteiger partial charge in [0.2, 0.25) is 5.91 Å². The molecule has 0 aliphatic heterocycles. The number of nitrogens with zero attached hydrogens (tertiary/aromatic N) is 2. The Morgan fingerprint density at radius 3 is 2.30 bits per heavy atom. The fourth-order valence-electron chi connectivity index (χ4n) is 3.51. The zero-order valence-corrected chi connectivity index (χ0v) is 17.6. The van der Waals surface area contributed by atoms with Gasteiger partial charge in [-0.05, 0) is 42.7 Å². The molecule has 0 aliphatic rings. The predicted octanol–water partition coefficient (Wildman–Crippen LogP) is 3.55. The second-order valence-corrected chi connectivity index (χ2v) is 7.64. The number of carbonyl (C=O) groups is 1. The molecule has 0 radical (unpaired) electrons. The van der Waals surface area contributed by atoms with Crippen molar-refractivity contribution >= 4 is 11.6 Å². The summed E-state index contributed by atoms with van der Waals surface area (Å²) < 4.78 is 16.5. The highest BCUT2D eigenvalue weighted by Crippen LogP contribution is 2.22. The van der Waals surface area contributed by atoms with Crippen LogP contribution in [-0.2, 0) is 11.8 Å². The minimum absolute atomic E-state index is 0.0271.